The third kappa shape index (κ3) is 3.27. The maximum absolute atomic E-state index is 12.6. The zero-order chi connectivity index (χ0) is 16.1. The molecule has 0 bridgehead atoms. The molecule has 1 amide bonds. The van der Waals surface area contributed by atoms with Gasteiger partial charge in [0.2, 0.25) is 0 Å². The predicted octanol–water partition coefficient (Wildman–Crippen LogP) is 2.59. The number of methoxy groups -OCH3 is 1. The van der Waals surface area contributed by atoms with Crippen molar-refractivity contribution in [3.8, 4) is 5.69 Å². The first-order valence-electron chi connectivity index (χ1n) is 7.14. The van der Waals surface area contributed by atoms with Crippen LogP contribution in [0.1, 0.15) is 11.7 Å². The summed E-state index contributed by atoms with van der Waals surface area (Å²) in [6.07, 6.45) is 2.62. The predicted molar refractivity (Wildman–Crippen MR) is 86.2 cm³/mol. The second kappa shape index (κ2) is 6.85. The number of ether oxygens (including phenoxy) is 1. The molecular formula is C17H16N4O2. The highest BCUT2D eigenvalue weighted by Crippen LogP contribution is 2.23. The van der Waals surface area contributed by atoms with Gasteiger partial charge in [-0.25, -0.2) is 4.68 Å². The van der Waals surface area contributed by atoms with Crippen LogP contribution in [0.4, 0.5) is 5.69 Å². The topological polar surface area (TPSA) is 69.0 Å². The van der Waals surface area contributed by atoms with E-state index in [4.69, 9.17) is 4.74 Å². The molecule has 3 aromatic rings. The Hall–Kier alpha value is -2.99. The number of carbonyl (C=O) groups is 1. The number of aromatic nitrogens is 3. The summed E-state index contributed by atoms with van der Waals surface area (Å²) < 4.78 is 6.95. The minimum atomic E-state index is -0.681. The van der Waals surface area contributed by atoms with Crippen LogP contribution in [0.2, 0.25) is 0 Å². The lowest BCUT2D eigenvalue weighted by Crippen LogP contribution is -2.23. The molecule has 1 heterocycles. The van der Waals surface area contributed by atoms with E-state index in [2.05, 4.69) is 15.6 Å². The van der Waals surface area contributed by atoms with Crippen LogP contribution in [0.3, 0.4) is 0 Å². The highest BCUT2D eigenvalue weighted by molar-refractivity contribution is 5.96. The van der Waals surface area contributed by atoms with Crippen molar-refractivity contribution in [3.63, 3.8) is 0 Å². The van der Waals surface area contributed by atoms with Crippen molar-refractivity contribution in [1.29, 1.82) is 0 Å². The number of rotatable bonds is 5. The van der Waals surface area contributed by atoms with Gasteiger partial charge in [-0.2, -0.15) is 0 Å². The molecule has 0 saturated carbocycles. The average molecular weight is 308 g/mol. The summed E-state index contributed by atoms with van der Waals surface area (Å²) in [5, 5.41) is 10.7. The van der Waals surface area contributed by atoms with Gasteiger partial charge in [-0.3, -0.25) is 4.79 Å². The highest BCUT2D eigenvalue weighted by Gasteiger charge is 2.21. The molecule has 23 heavy (non-hydrogen) atoms. The number of hydrogen-bond donors (Lipinski definition) is 1. The van der Waals surface area contributed by atoms with Gasteiger partial charge >= 0.3 is 0 Å². The second-order valence-corrected chi connectivity index (χ2v) is 4.88. The average Bonchev–Trinajstić information content (AvgIpc) is 3.11. The van der Waals surface area contributed by atoms with E-state index in [1.807, 2.05) is 54.6 Å². The van der Waals surface area contributed by atoms with Crippen LogP contribution in [0.5, 0.6) is 0 Å². The molecule has 116 valence electrons. The first kappa shape index (κ1) is 14.9. The third-order valence-electron chi connectivity index (χ3n) is 3.41. The van der Waals surface area contributed by atoms with E-state index in [1.165, 1.54) is 7.11 Å². The van der Waals surface area contributed by atoms with Crippen LogP contribution in [0.15, 0.2) is 67.0 Å². The van der Waals surface area contributed by atoms with Crippen molar-refractivity contribution in [3.05, 3.63) is 72.6 Å². The molecular weight excluding hydrogens is 292 g/mol. The molecule has 0 saturated heterocycles. The number of carbonyl (C=O) groups excluding carboxylic acids is 1. The van der Waals surface area contributed by atoms with Gasteiger partial charge in [0.05, 0.1) is 23.8 Å². The SMILES string of the molecule is CO[C@H](C(=O)Nc1ccccc1-n1ccnn1)c1ccccc1. The van der Waals surface area contributed by atoms with Crippen molar-refractivity contribution in [1.82, 2.24) is 15.0 Å². The van der Waals surface area contributed by atoms with E-state index >= 15 is 0 Å². The Kier molecular flexibility index (Phi) is 4.44. The Bertz CT molecular complexity index is 772. The van der Waals surface area contributed by atoms with Gasteiger partial charge < -0.3 is 10.1 Å². The van der Waals surface area contributed by atoms with Gasteiger partial charge in [-0.15, -0.1) is 5.10 Å². The van der Waals surface area contributed by atoms with Gasteiger partial charge in [0.1, 0.15) is 0 Å². The molecule has 0 spiro atoms. The summed E-state index contributed by atoms with van der Waals surface area (Å²) in [6.45, 7) is 0. The molecule has 0 aliphatic heterocycles. The lowest BCUT2D eigenvalue weighted by atomic mass is 10.1. The van der Waals surface area contributed by atoms with Gasteiger partial charge in [-0.1, -0.05) is 47.7 Å². The fraction of sp³-hybridized carbons (Fsp3) is 0.118. The van der Waals surface area contributed by atoms with Gasteiger partial charge in [0.25, 0.3) is 5.91 Å². The van der Waals surface area contributed by atoms with Crippen molar-refractivity contribution in [2.24, 2.45) is 0 Å². The minimum Gasteiger partial charge on any atom is -0.367 e. The van der Waals surface area contributed by atoms with Crippen LogP contribution in [-0.4, -0.2) is 28.0 Å². The Balaban J connectivity index is 1.86. The summed E-state index contributed by atoms with van der Waals surface area (Å²) in [4.78, 5) is 12.6. The van der Waals surface area contributed by atoms with Crippen molar-refractivity contribution in [2.75, 3.05) is 12.4 Å². The molecule has 0 aliphatic rings. The van der Waals surface area contributed by atoms with E-state index in [1.54, 1.807) is 17.1 Å². The molecule has 1 atom stereocenters. The van der Waals surface area contributed by atoms with Gasteiger partial charge in [0.15, 0.2) is 6.10 Å². The molecule has 0 unspecified atom stereocenters. The molecule has 0 aliphatic carbocycles. The summed E-state index contributed by atoms with van der Waals surface area (Å²) in [5.74, 6) is -0.244. The number of anilines is 1. The van der Waals surface area contributed by atoms with E-state index in [0.717, 1.165) is 11.3 Å². The molecule has 0 fully saturated rings. The van der Waals surface area contributed by atoms with E-state index in [9.17, 15) is 4.79 Å². The lowest BCUT2D eigenvalue weighted by molar-refractivity contribution is -0.126. The summed E-state index contributed by atoms with van der Waals surface area (Å²) in [7, 11) is 1.51. The summed E-state index contributed by atoms with van der Waals surface area (Å²) in [6, 6.07) is 16.7. The monoisotopic (exact) mass is 308 g/mol. The zero-order valence-corrected chi connectivity index (χ0v) is 12.6. The molecule has 1 aromatic heterocycles. The molecule has 1 N–H and O–H groups in total. The summed E-state index contributed by atoms with van der Waals surface area (Å²) >= 11 is 0. The van der Waals surface area contributed by atoms with E-state index in [-0.39, 0.29) is 5.91 Å². The number of hydrogen-bond acceptors (Lipinski definition) is 4. The molecule has 0 radical (unpaired) electrons. The smallest absolute Gasteiger partial charge is 0.258 e. The number of amides is 1. The standard InChI is InChI=1S/C17H16N4O2/c1-23-16(13-7-3-2-4-8-13)17(22)19-14-9-5-6-10-15(14)21-12-11-18-20-21/h2-12,16H,1H3,(H,19,22)/t16-/m0/s1. The molecule has 3 rings (SSSR count). The second-order valence-electron chi connectivity index (χ2n) is 4.88. The number of nitrogens with zero attached hydrogens (tertiary/aromatic N) is 3. The fourth-order valence-electron chi connectivity index (χ4n) is 2.34. The quantitative estimate of drug-likeness (QED) is 0.786. The van der Waals surface area contributed by atoms with E-state index < -0.39 is 6.10 Å². The Morgan fingerprint density at radius 2 is 1.87 bits per heavy atom. The Morgan fingerprint density at radius 3 is 2.57 bits per heavy atom. The third-order valence-corrected chi connectivity index (χ3v) is 3.41. The minimum absolute atomic E-state index is 0.244. The van der Waals surface area contributed by atoms with Crippen LogP contribution in [0.25, 0.3) is 5.69 Å². The first-order chi connectivity index (χ1) is 11.3. The normalized spacial score (nSPS) is 11.9. The molecule has 6 heteroatoms. The van der Waals surface area contributed by atoms with Crippen LogP contribution in [-0.2, 0) is 9.53 Å². The number of nitrogens with one attached hydrogen (secondary N) is 1. The highest BCUT2D eigenvalue weighted by atomic mass is 16.5. The molecule has 2 aromatic carbocycles. The largest absolute Gasteiger partial charge is 0.367 e. The van der Waals surface area contributed by atoms with Gasteiger partial charge in [-0.05, 0) is 17.7 Å². The first-order valence-corrected chi connectivity index (χ1v) is 7.14. The number of para-hydroxylation sites is 2. The van der Waals surface area contributed by atoms with Crippen molar-refractivity contribution in [2.45, 2.75) is 6.10 Å². The van der Waals surface area contributed by atoms with Crippen molar-refractivity contribution >= 4 is 11.6 Å². The fourth-order valence-corrected chi connectivity index (χ4v) is 2.34. The Labute approximate surface area is 133 Å². The summed E-state index contributed by atoms with van der Waals surface area (Å²) in [5.41, 5.74) is 2.17. The Morgan fingerprint density at radius 1 is 1.13 bits per heavy atom. The van der Waals surface area contributed by atoms with Crippen LogP contribution >= 0.6 is 0 Å². The maximum Gasteiger partial charge on any atom is 0.258 e. The van der Waals surface area contributed by atoms with Crippen LogP contribution in [0, 0.1) is 0 Å². The zero-order valence-electron chi connectivity index (χ0n) is 12.6. The lowest BCUT2D eigenvalue weighted by Gasteiger charge is -2.17. The molecule has 6 nitrogen and oxygen atoms in total. The van der Waals surface area contributed by atoms with Crippen LogP contribution < -0.4 is 5.32 Å². The maximum atomic E-state index is 12.6. The van der Waals surface area contributed by atoms with E-state index in [0.29, 0.717) is 5.69 Å². The van der Waals surface area contributed by atoms with Gasteiger partial charge in [0, 0.05) is 7.11 Å². The number of benzene rings is 2. The van der Waals surface area contributed by atoms with Crippen molar-refractivity contribution < 1.29 is 9.53 Å².